The number of rotatable bonds is 40. The molecule has 0 aliphatic heterocycles. The van der Waals surface area contributed by atoms with Gasteiger partial charge >= 0.3 is 0 Å². The Bertz CT molecular complexity index is 1900. The minimum absolute atomic E-state index is 0.0291. The number of hydrogen-bond donors (Lipinski definition) is 1. The molecule has 2 atom stereocenters. The summed E-state index contributed by atoms with van der Waals surface area (Å²) in [6.45, 7) is 101. The van der Waals surface area contributed by atoms with E-state index in [1.807, 2.05) is 83.1 Å². The van der Waals surface area contributed by atoms with Gasteiger partial charge in [-0.25, -0.2) is 9.78 Å². The number of ether oxygens (including phenoxy) is 2. The fourth-order valence-electron chi connectivity index (χ4n) is 5.58. The number of carbonyl (C=O) groups excluding carboxylic acids is 2. The topological polar surface area (TPSA) is 274 Å². The van der Waals surface area contributed by atoms with Gasteiger partial charge < -0.3 is 52.4 Å². The fraction of sp³-hybridized carbons (Fsp3) is 0.711. The van der Waals surface area contributed by atoms with Crippen LogP contribution in [0.4, 0.5) is 0 Å². The Hall–Kier alpha value is -4.04. The van der Waals surface area contributed by atoms with Crippen molar-refractivity contribution >= 4 is 27.3 Å². The molecule has 25 heteroatoms. The Morgan fingerprint density at radius 2 is 0.683 bits per heavy atom. The molecule has 0 radical (unpaired) electrons. The Kier molecular flexibility index (Phi) is 96.2. The van der Waals surface area contributed by atoms with E-state index >= 15 is 0 Å². The number of amides is 1. The van der Waals surface area contributed by atoms with Crippen LogP contribution in [-0.4, -0.2) is 84.3 Å². The van der Waals surface area contributed by atoms with Gasteiger partial charge in [0.25, 0.3) is 15.6 Å². The number of allylic oxidation sites excluding steroid dienone is 2. The van der Waals surface area contributed by atoms with Crippen LogP contribution in [0.15, 0.2) is 130 Å². The quantitative estimate of drug-likeness (QED) is 0.0149. The van der Waals surface area contributed by atoms with Crippen LogP contribution in [0.25, 0.3) is 0 Å². The SMILES string of the molecule is C=C.C=C.C=C.C=C.C=C.C=C.C=C.C=C.CC(C)(C)/C=C/OOOOOCCOP(=O)([O-])OCCCCC(=O)CC(C)(C)C.CC(C)(C)/C=C/OOOOOCCOP(=O)([O-])OCCCOCC(C)(C)C.CC(C)(C)CCCCC(=O)NCC(C)(C)C.CC(C)(C)CCCOCC(C)(C)C. The molecule has 0 aliphatic carbocycles. The van der Waals surface area contributed by atoms with Gasteiger partial charge in [-0.3, -0.25) is 18.7 Å². The number of unbranched alkanes of at least 4 members (excludes halogenated alkanes) is 2. The summed E-state index contributed by atoms with van der Waals surface area (Å²) in [4.78, 5) is 64.1. The summed E-state index contributed by atoms with van der Waals surface area (Å²) in [6.07, 6.45) is 14.7. The highest BCUT2D eigenvalue weighted by atomic mass is 31.2. The van der Waals surface area contributed by atoms with Crippen molar-refractivity contribution in [1.29, 1.82) is 0 Å². The van der Waals surface area contributed by atoms with Crippen LogP contribution in [0.1, 0.15) is 237 Å². The summed E-state index contributed by atoms with van der Waals surface area (Å²) in [5, 5.41) is 27.7. The molecule has 0 heterocycles. The largest absolute Gasteiger partial charge is 0.756 e. The van der Waals surface area contributed by atoms with Gasteiger partial charge in [-0.1, -0.05) is 173 Å². The average Bonchev–Trinajstić information content (AvgIpc) is 0.967. The molecule has 0 aromatic carbocycles. The first-order valence-corrected chi connectivity index (χ1v) is 36.5. The zero-order chi connectivity index (χ0) is 82.6. The fourth-order valence-corrected chi connectivity index (χ4v) is 7.03. The van der Waals surface area contributed by atoms with E-state index in [0.717, 1.165) is 32.6 Å². The molecule has 2 unspecified atom stereocenters. The highest BCUT2D eigenvalue weighted by Gasteiger charge is 2.18. The number of Topliss-reactive ketones (excluding diaryl/α,β-unsaturated/α-hetero) is 1. The van der Waals surface area contributed by atoms with Crippen molar-refractivity contribution in [3.05, 3.63) is 130 Å². The molecule has 1 amide bonds. The van der Waals surface area contributed by atoms with Gasteiger partial charge in [0.2, 0.25) is 5.91 Å². The molecule has 0 saturated carbocycles. The van der Waals surface area contributed by atoms with E-state index in [0.29, 0.717) is 68.0 Å². The van der Waals surface area contributed by atoms with Crippen molar-refractivity contribution in [3.63, 3.8) is 0 Å². The average molecular weight is 1490 g/mol. The van der Waals surface area contributed by atoms with Crippen molar-refractivity contribution in [2.24, 2.45) is 43.3 Å². The first kappa shape index (κ1) is 124. The van der Waals surface area contributed by atoms with Crippen LogP contribution in [-0.2, 0) is 96.1 Å². The van der Waals surface area contributed by atoms with Gasteiger partial charge in [-0.2, -0.15) is 0 Å². The molecule has 0 aromatic rings. The number of ketones is 1. The van der Waals surface area contributed by atoms with Crippen molar-refractivity contribution in [1.82, 2.24) is 5.32 Å². The van der Waals surface area contributed by atoms with Gasteiger partial charge in [0.05, 0.1) is 39.6 Å². The van der Waals surface area contributed by atoms with E-state index in [4.69, 9.17) is 14.0 Å². The molecular formula is C76H153NO22P2-2. The minimum Gasteiger partial charge on any atom is -0.756 e. The lowest BCUT2D eigenvalue weighted by Gasteiger charge is -2.22. The maximum atomic E-state index is 11.7. The van der Waals surface area contributed by atoms with Gasteiger partial charge in [-0.05, 0) is 110 Å². The Morgan fingerprint density at radius 3 is 1.01 bits per heavy atom. The third-order valence-electron chi connectivity index (χ3n) is 9.56. The summed E-state index contributed by atoms with van der Waals surface area (Å²) in [5.74, 6) is 0.349. The van der Waals surface area contributed by atoms with Gasteiger partial charge in [0.1, 0.15) is 31.5 Å². The predicted molar refractivity (Wildman–Crippen MR) is 414 cm³/mol. The van der Waals surface area contributed by atoms with Crippen LogP contribution in [0, 0.1) is 43.3 Å². The zero-order valence-electron chi connectivity index (χ0n) is 68.6. The van der Waals surface area contributed by atoms with Crippen molar-refractivity contribution in [3.8, 4) is 0 Å². The van der Waals surface area contributed by atoms with Gasteiger partial charge in [0.15, 0.2) is 0 Å². The van der Waals surface area contributed by atoms with E-state index in [9.17, 15) is 28.5 Å². The smallest absolute Gasteiger partial charge is 0.267 e. The first-order chi connectivity index (χ1) is 46.5. The summed E-state index contributed by atoms with van der Waals surface area (Å²) in [6, 6.07) is 0. The van der Waals surface area contributed by atoms with Crippen LogP contribution in [0.5, 0.6) is 0 Å². The van der Waals surface area contributed by atoms with E-state index in [2.05, 4.69) is 257 Å². The van der Waals surface area contributed by atoms with E-state index in [-0.39, 0.29) is 78.4 Å². The molecule has 0 saturated heterocycles. The normalized spacial score (nSPS) is 12.4. The number of phosphoric ester groups is 2. The standard InChI is InChI=1S/C18H35O10P.C16H33O10P.C14H29NO.C12H26O.8C2H4/c1-17(2,3)10-12-22-26-28-27-23-13-14-25-29(20,21)24-11-8-7-9-16(19)15-18(4,5)6;1-15(2,3)8-11-20-24-26-25-21-12-13-23-27(17,18)22-10-7-9-19-14-16(4,5)6;1-13(2,3)10-8-7-9-12(16)15-11-14(4,5)6;1-11(2,3)8-7-9-13-10-12(4,5)6;8*1-2/h10,12H,7-9,11,13-15H2,1-6H3,(H,20,21);8,11H,7,9-10,12-14H2,1-6H3,(H,17,18);7-11H2,1-6H3,(H,15,16);7-10H2,1-6H3;8*1-2H2/p-2/b12-10+;11-8+;;;;;;;;;;. The highest BCUT2D eigenvalue weighted by molar-refractivity contribution is 7.46. The van der Waals surface area contributed by atoms with Gasteiger partial charge in [-0.15, -0.1) is 105 Å². The molecule has 1 N–H and O–H groups in total. The molecule has 101 heavy (non-hydrogen) atoms. The van der Waals surface area contributed by atoms with Crippen LogP contribution in [0.2, 0.25) is 0 Å². The first-order valence-electron chi connectivity index (χ1n) is 33.6. The summed E-state index contributed by atoms with van der Waals surface area (Å²) < 4.78 is 52.5. The molecule has 23 nitrogen and oxygen atoms in total. The summed E-state index contributed by atoms with van der Waals surface area (Å²) >= 11 is 0. The molecule has 0 fully saturated rings. The van der Waals surface area contributed by atoms with Crippen molar-refractivity contribution in [2.75, 3.05) is 72.6 Å². The van der Waals surface area contributed by atoms with Gasteiger partial charge in [0, 0.05) is 59.2 Å². The zero-order valence-corrected chi connectivity index (χ0v) is 70.3. The lowest BCUT2D eigenvalue weighted by molar-refractivity contribution is -0.700. The second kappa shape index (κ2) is 78.5. The summed E-state index contributed by atoms with van der Waals surface area (Å²) in [7, 11) is -8.86. The Labute approximate surface area is 618 Å². The third kappa shape index (κ3) is 151. The lowest BCUT2D eigenvalue weighted by atomic mass is 9.88. The number of nitrogens with one attached hydrogen (secondary N) is 1. The highest BCUT2D eigenvalue weighted by Crippen LogP contribution is 2.39. The monoisotopic (exact) mass is 1490 g/mol. The second-order valence-electron chi connectivity index (χ2n) is 29.9. The van der Waals surface area contributed by atoms with E-state index in [1.54, 1.807) is 12.2 Å². The molecular weight excluding hydrogens is 1340 g/mol. The molecule has 0 aliphatic rings. The summed E-state index contributed by atoms with van der Waals surface area (Å²) in [5.41, 5.74) is 1.17. The molecule has 606 valence electrons. The minimum atomic E-state index is -4.45. The van der Waals surface area contributed by atoms with E-state index in [1.165, 1.54) is 31.8 Å². The third-order valence-corrected chi connectivity index (χ3v) is 11.6. The molecule has 0 aromatic heterocycles. The lowest BCUT2D eigenvalue weighted by Crippen LogP contribution is -2.32. The second-order valence-corrected chi connectivity index (χ2v) is 32.7. The molecule has 0 rings (SSSR count). The van der Waals surface area contributed by atoms with Crippen molar-refractivity contribution in [2.45, 2.75) is 237 Å². The maximum Gasteiger partial charge on any atom is 0.267 e. The number of phosphoric acid groups is 2. The van der Waals surface area contributed by atoms with Crippen LogP contribution >= 0.6 is 15.6 Å². The Balaban J connectivity index is -0.000000101. The van der Waals surface area contributed by atoms with Crippen LogP contribution in [0.3, 0.4) is 0 Å². The number of hydrogen-bond acceptors (Lipinski definition) is 22. The number of carbonyl (C=O) groups is 2. The van der Waals surface area contributed by atoms with Crippen LogP contribution < -0.4 is 15.1 Å². The maximum absolute atomic E-state index is 11.7. The molecule has 0 spiro atoms. The molecule has 0 bridgehead atoms. The van der Waals surface area contributed by atoms with E-state index < -0.39 is 15.6 Å². The Morgan fingerprint density at radius 1 is 0.356 bits per heavy atom. The van der Waals surface area contributed by atoms with Crippen molar-refractivity contribution < 1.29 is 106 Å². The predicted octanol–water partition coefficient (Wildman–Crippen LogP) is 21.3.